The van der Waals surface area contributed by atoms with Crippen LogP contribution in [0.15, 0.2) is 18.3 Å². The minimum atomic E-state index is 0.109. The van der Waals surface area contributed by atoms with Gasteiger partial charge in [0, 0.05) is 17.9 Å². The number of hydrogen-bond donors (Lipinski definition) is 1. The molecule has 12 heavy (non-hydrogen) atoms. The molecule has 0 aliphatic carbocycles. The van der Waals surface area contributed by atoms with Gasteiger partial charge in [-0.05, 0) is 24.5 Å². The van der Waals surface area contributed by atoms with E-state index in [1.807, 2.05) is 25.3 Å². The third-order valence-corrected chi connectivity index (χ3v) is 2.04. The molecule has 0 saturated heterocycles. The van der Waals surface area contributed by atoms with Crippen LogP contribution < -0.4 is 5.73 Å². The summed E-state index contributed by atoms with van der Waals surface area (Å²) in [7, 11) is 0. The van der Waals surface area contributed by atoms with Crippen LogP contribution in [0, 0.1) is 12.8 Å². The van der Waals surface area contributed by atoms with Crippen molar-refractivity contribution in [3.8, 4) is 0 Å². The fourth-order valence-electron chi connectivity index (χ4n) is 1.06. The third kappa shape index (κ3) is 2.05. The largest absolute Gasteiger partial charge is 0.324 e. The highest BCUT2D eigenvalue weighted by atomic mass is 14.7. The van der Waals surface area contributed by atoms with Crippen LogP contribution in [0.5, 0.6) is 0 Å². The minimum absolute atomic E-state index is 0.109. The first-order valence-corrected chi connectivity index (χ1v) is 4.29. The fourth-order valence-corrected chi connectivity index (χ4v) is 1.06. The molecule has 1 aromatic rings. The van der Waals surface area contributed by atoms with Gasteiger partial charge in [-0.25, -0.2) is 0 Å². The van der Waals surface area contributed by atoms with Gasteiger partial charge >= 0.3 is 0 Å². The van der Waals surface area contributed by atoms with Gasteiger partial charge in [0.15, 0.2) is 0 Å². The van der Waals surface area contributed by atoms with Crippen LogP contribution in [0.4, 0.5) is 0 Å². The molecule has 0 unspecified atom stereocenters. The van der Waals surface area contributed by atoms with Crippen molar-refractivity contribution in [2.24, 2.45) is 11.7 Å². The molecule has 66 valence electrons. The van der Waals surface area contributed by atoms with Crippen molar-refractivity contribution in [1.82, 2.24) is 4.98 Å². The van der Waals surface area contributed by atoms with E-state index in [-0.39, 0.29) is 6.04 Å². The molecule has 0 saturated carbocycles. The Balaban J connectivity index is 2.82. The number of aromatic nitrogens is 1. The highest BCUT2D eigenvalue weighted by Gasteiger charge is 2.09. The number of rotatable bonds is 2. The van der Waals surface area contributed by atoms with Crippen molar-refractivity contribution in [2.45, 2.75) is 26.8 Å². The second-order valence-electron chi connectivity index (χ2n) is 3.50. The molecule has 1 rings (SSSR count). The molecule has 0 amide bonds. The normalized spacial score (nSPS) is 13.4. The van der Waals surface area contributed by atoms with Crippen LogP contribution in [0.1, 0.15) is 31.1 Å². The summed E-state index contributed by atoms with van der Waals surface area (Å²) >= 11 is 0. The lowest BCUT2D eigenvalue weighted by Crippen LogP contribution is -2.16. The van der Waals surface area contributed by atoms with Crippen molar-refractivity contribution < 1.29 is 0 Å². The molecule has 0 aromatic carbocycles. The zero-order valence-corrected chi connectivity index (χ0v) is 7.91. The summed E-state index contributed by atoms with van der Waals surface area (Å²) in [5.41, 5.74) is 8.11. The van der Waals surface area contributed by atoms with E-state index < -0.39 is 0 Å². The lowest BCUT2D eigenvalue weighted by atomic mass is 9.98. The second kappa shape index (κ2) is 3.68. The quantitative estimate of drug-likeness (QED) is 0.726. The molecule has 2 nitrogen and oxygen atoms in total. The lowest BCUT2D eigenvalue weighted by molar-refractivity contribution is 0.513. The van der Waals surface area contributed by atoms with Gasteiger partial charge in [-0.1, -0.05) is 19.9 Å². The van der Waals surface area contributed by atoms with Crippen molar-refractivity contribution in [3.05, 3.63) is 29.6 Å². The standard InChI is InChI=1S/C10H16N2/c1-7(2)10(11)9-5-4-8(3)12-6-9/h4-7,10H,11H2,1-3H3/t10-/m1/s1. The Morgan fingerprint density at radius 2 is 2.00 bits per heavy atom. The van der Waals surface area contributed by atoms with Gasteiger partial charge in [-0.15, -0.1) is 0 Å². The Hall–Kier alpha value is -0.890. The smallest absolute Gasteiger partial charge is 0.0372 e. The maximum absolute atomic E-state index is 5.95. The first-order chi connectivity index (χ1) is 5.61. The van der Waals surface area contributed by atoms with E-state index in [4.69, 9.17) is 5.73 Å². The molecule has 0 radical (unpaired) electrons. The summed E-state index contributed by atoms with van der Waals surface area (Å²) in [6.45, 7) is 6.21. The highest BCUT2D eigenvalue weighted by molar-refractivity contribution is 5.17. The predicted octanol–water partition coefficient (Wildman–Crippen LogP) is 2.05. The third-order valence-electron chi connectivity index (χ3n) is 2.04. The van der Waals surface area contributed by atoms with E-state index in [1.54, 1.807) is 0 Å². The Bertz CT molecular complexity index is 239. The van der Waals surface area contributed by atoms with E-state index in [1.165, 1.54) is 0 Å². The summed E-state index contributed by atoms with van der Waals surface area (Å²) < 4.78 is 0. The van der Waals surface area contributed by atoms with E-state index in [0.717, 1.165) is 11.3 Å². The van der Waals surface area contributed by atoms with Gasteiger partial charge in [0.2, 0.25) is 0 Å². The Morgan fingerprint density at radius 3 is 2.42 bits per heavy atom. The summed E-state index contributed by atoms with van der Waals surface area (Å²) in [5, 5.41) is 0. The molecule has 2 N–H and O–H groups in total. The average molecular weight is 164 g/mol. The Labute approximate surface area is 73.8 Å². The van der Waals surface area contributed by atoms with Crippen molar-refractivity contribution >= 4 is 0 Å². The van der Waals surface area contributed by atoms with E-state index in [2.05, 4.69) is 18.8 Å². The molecular weight excluding hydrogens is 148 g/mol. The first-order valence-electron chi connectivity index (χ1n) is 4.29. The highest BCUT2D eigenvalue weighted by Crippen LogP contribution is 2.17. The van der Waals surface area contributed by atoms with Crippen LogP contribution in [-0.4, -0.2) is 4.98 Å². The second-order valence-corrected chi connectivity index (χ2v) is 3.50. The summed E-state index contributed by atoms with van der Waals surface area (Å²) in [4.78, 5) is 4.20. The molecule has 0 aliphatic rings. The van der Waals surface area contributed by atoms with Crippen molar-refractivity contribution in [1.29, 1.82) is 0 Å². The predicted molar refractivity (Wildman–Crippen MR) is 50.7 cm³/mol. The van der Waals surface area contributed by atoms with Crippen molar-refractivity contribution in [2.75, 3.05) is 0 Å². The molecule has 1 atom stereocenters. The van der Waals surface area contributed by atoms with E-state index in [9.17, 15) is 0 Å². The number of nitrogens with zero attached hydrogens (tertiary/aromatic N) is 1. The fraction of sp³-hybridized carbons (Fsp3) is 0.500. The Kier molecular flexibility index (Phi) is 2.82. The van der Waals surface area contributed by atoms with E-state index >= 15 is 0 Å². The zero-order valence-electron chi connectivity index (χ0n) is 7.91. The van der Waals surface area contributed by atoms with E-state index in [0.29, 0.717) is 5.92 Å². The van der Waals surface area contributed by atoms with Crippen LogP contribution >= 0.6 is 0 Å². The van der Waals surface area contributed by atoms with Crippen LogP contribution in [-0.2, 0) is 0 Å². The molecule has 0 aliphatic heterocycles. The number of pyridine rings is 1. The van der Waals surface area contributed by atoms with Crippen LogP contribution in [0.3, 0.4) is 0 Å². The maximum Gasteiger partial charge on any atom is 0.0372 e. The van der Waals surface area contributed by atoms with Gasteiger partial charge < -0.3 is 5.73 Å². The molecule has 1 aromatic heterocycles. The molecule has 1 heterocycles. The molecule has 2 heteroatoms. The molecule has 0 bridgehead atoms. The zero-order chi connectivity index (χ0) is 9.14. The Morgan fingerprint density at radius 1 is 1.33 bits per heavy atom. The summed E-state index contributed by atoms with van der Waals surface area (Å²) in [6, 6.07) is 4.16. The minimum Gasteiger partial charge on any atom is -0.324 e. The summed E-state index contributed by atoms with van der Waals surface area (Å²) in [5.74, 6) is 0.467. The topological polar surface area (TPSA) is 38.9 Å². The van der Waals surface area contributed by atoms with Gasteiger partial charge in [-0.3, -0.25) is 4.98 Å². The average Bonchev–Trinajstić information content (AvgIpc) is 2.04. The molecule has 0 spiro atoms. The summed E-state index contributed by atoms with van der Waals surface area (Å²) in [6.07, 6.45) is 1.86. The number of hydrogen-bond acceptors (Lipinski definition) is 2. The maximum atomic E-state index is 5.95. The van der Waals surface area contributed by atoms with Crippen molar-refractivity contribution in [3.63, 3.8) is 0 Å². The van der Waals surface area contributed by atoms with Crippen LogP contribution in [0.2, 0.25) is 0 Å². The lowest BCUT2D eigenvalue weighted by Gasteiger charge is -2.15. The first kappa shape index (κ1) is 9.20. The van der Waals surface area contributed by atoms with Gasteiger partial charge in [0.05, 0.1) is 0 Å². The van der Waals surface area contributed by atoms with Crippen LogP contribution in [0.25, 0.3) is 0 Å². The molecular formula is C10H16N2. The van der Waals surface area contributed by atoms with Gasteiger partial charge in [0.1, 0.15) is 0 Å². The molecule has 0 fully saturated rings. The van der Waals surface area contributed by atoms with Gasteiger partial charge in [0.25, 0.3) is 0 Å². The SMILES string of the molecule is Cc1ccc([C@H](N)C(C)C)cn1. The number of nitrogens with two attached hydrogens (primary N) is 1. The monoisotopic (exact) mass is 164 g/mol. The number of aryl methyl sites for hydroxylation is 1. The van der Waals surface area contributed by atoms with Gasteiger partial charge in [-0.2, -0.15) is 0 Å².